The number of nitrogens with one attached hydrogen (secondary N) is 1. The highest BCUT2D eigenvalue weighted by Crippen LogP contribution is 2.38. The Hall–Kier alpha value is -1.88. The summed E-state index contributed by atoms with van der Waals surface area (Å²) in [7, 11) is 0. The molecule has 3 rings (SSSR count). The van der Waals surface area contributed by atoms with Crippen LogP contribution in [0.15, 0.2) is 30.3 Å². The lowest BCUT2D eigenvalue weighted by molar-refractivity contribution is -0.153. The fourth-order valence-electron chi connectivity index (χ4n) is 4.87. The van der Waals surface area contributed by atoms with Crippen molar-refractivity contribution < 1.29 is 14.3 Å². The molecule has 5 nitrogen and oxygen atoms in total. The van der Waals surface area contributed by atoms with Crippen molar-refractivity contribution in [3.8, 4) is 0 Å². The van der Waals surface area contributed by atoms with Crippen molar-refractivity contribution in [1.82, 2.24) is 10.2 Å². The minimum Gasteiger partial charge on any atom is -0.453 e. The van der Waals surface area contributed by atoms with Crippen LogP contribution in [0, 0.1) is 0 Å². The topological polar surface area (TPSA) is 58.6 Å². The number of rotatable bonds is 6. The molecule has 1 N–H and O–H groups in total. The van der Waals surface area contributed by atoms with E-state index in [-0.39, 0.29) is 17.5 Å². The molecule has 0 aromatic heterocycles. The monoisotopic (exact) mass is 386 g/mol. The van der Waals surface area contributed by atoms with E-state index in [1.165, 1.54) is 44.8 Å². The van der Waals surface area contributed by atoms with E-state index in [4.69, 9.17) is 4.74 Å². The first-order valence-electron chi connectivity index (χ1n) is 10.8. The molecule has 2 aliphatic rings. The molecule has 1 aromatic rings. The highest BCUT2D eigenvalue weighted by Gasteiger charge is 2.41. The number of nitrogens with zero attached hydrogens (tertiary/aromatic N) is 1. The highest BCUT2D eigenvalue weighted by atomic mass is 16.5. The normalized spacial score (nSPS) is 27.0. The molecular weight excluding hydrogens is 352 g/mol. The number of ether oxygens (including phenoxy) is 1. The maximum atomic E-state index is 12.3. The molecule has 0 spiro atoms. The van der Waals surface area contributed by atoms with E-state index in [0.717, 1.165) is 32.1 Å². The second-order valence-electron chi connectivity index (χ2n) is 8.47. The molecule has 154 valence electrons. The summed E-state index contributed by atoms with van der Waals surface area (Å²) < 4.78 is 5.01. The summed E-state index contributed by atoms with van der Waals surface area (Å²) in [5.41, 5.74) is 1.60. The van der Waals surface area contributed by atoms with Gasteiger partial charge in [0.05, 0.1) is 0 Å². The molecule has 5 heteroatoms. The second kappa shape index (κ2) is 9.55. The van der Waals surface area contributed by atoms with Crippen LogP contribution in [0.3, 0.4) is 0 Å². The molecular formula is C23H34N2O3. The molecule has 1 saturated carbocycles. The molecule has 1 aliphatic heterocycles. The SMILES string of the molecule is CC(=O)OC(C)C(=O)NC1CCC(Cc2ccccc2)(N2CCCCC2)CC1. The molecule has 0 bridgehead atoms. The maximum absolute atomic E-state index is 12.3. The Morgan fingerprint density at radius 2 is 1.79 bits per heavy atom. The van der Waals surface area contributed by atoms with Crippen molar-refractivity contribution >= 4 is 11.9 Å². The van der Waals surface area contributed by atoms with Crippen LogP contribution >= 0.6 is 0 Å². The number of piperidine rings is 1. The van der Waals surface area contributed by atoms with E-state index in [1.807, 2.05) is 0 Å². The molecule has 0 radical (unpaired) electrons. The summed E-state index contributed by atoms with van der Waals surface area (Å²) in [6, 6.07) is 11.0. The van der Waals surface area contributed by atoms with Crippen LogP contribution < -0.4 is 5.32 Å². The van der Waals surface area contributed by atoms with Gasteiger partial charge in [-0.25, -0.2) is 0 Å². The van der Waals surface area contributed by atoms with Crippen molar-refractivity contribution in [1.29, 1.82) is 0 Å². The van der Waals surface area contributed by atoms with Crippen molar-refractivity contribution in [3.63, 3.8) is 0 Å². The minimum atomic E-state index is -0.726. The Balaban J connectivity index is 1.63. The van der Waals surface area contributed by atoms with Crippen LogP contribution in [0.25, 0.3) is 0 Å². The van der Waals surface area contributed by atoms with Gasteiger partial charge in [0, 0.05) is 18.5 Å². The van der Waals surface area contributed by atoms with Crippen molar-refractivity contribution in [3.05, 3.63) is 35.9 Å². The summed E-state index contributed by atoms with van der Waals surface area (Å²) in [6.07, 6.45) is 8.40. The fourth-order valence-corrected chi connectivity index (χ4v) is 4.87. The van der Waals surface area contributed by atoms with Crippen LogP contribution in [-0.2, 0) is 20.7 Å². The lowest BCUT2D eigenvalue weighted by Gasteiger charge is -2.50. The van der Waals surface area contributed by atoms with Crippen molar-refractivity contribution in [2.45, 2.75) is 82.9 Å². The predicted octanol–water partition coefficient (Wildman–Crippen LogP) is 3.46. The summed E-state index contributed by atoms with van der Waals surface area (Å²) in [4.78, 5) is 26.1. The van der Waals surface area contributed by atoms with E-state index in [2.05, 4.69) is 40.5 Å². The zero-order chi connectivity index (χ0) is 20.0. The number of esters is 1. The Kier molecular flexibility index (Phi) is 7.11. The van der Waals surface area contributed by atoms with Crippen LogP contribution in [0.1, 0.15) is 64.4 Å². The Labute approximate surface area is 168 Å². The van der Waals surface area contributed by atoms with Crippen LogP contribution in [0.4, 0.5) is 0 Å². The van der Waals surface area contributed by atoms with Crippen molar-refractivity contribution in [2.75, 3.05) is 13.1 Å². The highest BCUT2D eigenvalue weighted by molar-refractivity contribution is 5.83. The van der Waals surface area contributed by atoms with Gasteiger partial charge < -0.3 is 10.1 Å². The van der Waals surface area contributed by atoms with Gasteiger partial charge >= 0.3 is 5.97 Å². The number of likely N-dealkylation sites (tertiary alicyclic amines) is 1. The van der Waals surface area contributed by atoms with Gasteiger partial charge in [0.1, 0.15) is 0 Å². The van der Waals surface area contributed by atoms with Crippen molar-refractivity contribution in [2.24, 2.45) is 0 Å². The summed E-state index contributed by atoms with van der Waals surface area (Å²) >= 11 is 0. The molecule has 1 heterocycles. The summed E-state index contributed by atoms with van der Waals surface area (Å²) in [6.45, 7) is 5.34. The van der Waals surface area contributed by atoms with E-state index < -0.39 is 12.1 Å². The van der Waals surface area contributed by atoms with Gasteiger partial charge in [0.15, 0.2) is 6.10 Å². The van der Waals surface area contributed by atoms with E-state index in [1.54, 1.807) is 6.92 Å². The molecule has 1 atom stereocenters. The number of hydrogen-bond donors (Lipinski definition) is 1. The average molecular weight is 387 g/mol. The Morgan fingerprint density at radius 3 is 2.39 bits per heavy atom. The fraction of sp³-hybridized carbons (Fsp3) is 0.652. The van der Waals surface area contributed by atoms with Crippen LogP contribution in [-0.4, -0.2) is 47.6 Å². The zero-order valence-corrected chi connectivity index (χ0v) is 17.3. The first kappa shape index (κ1) is 20.8. The molecule has 1 amide bonds. The van der Waals surface area contributed by atoms with E-state index >= 15 is 0 Å². The third-order valence-corrected chi connectivity index (χ3v) is 6.38. The summed E-state index contributed by atoms with van der Waals surface area (Å²) in [5, 5.41) is 3.09. The summed E-state index contributed by atoms with van der Waals surface area (Å²) in [5.74, 6) is -0.605. The second-order valence-corrected chi connectivity index (χ2v) is 8.47. The van der Waals surface area contributed by atoms with Crippen LogP contribution in [0.2, 0.25) is 0 Å². The third kappa shape index (κ3) is 5.34. The maximum Gasteiger partial charge on any atom is 0.303 e. The first-order valence-corrected chi connectivity index (χ1v) is 10.8. The van der Waals surface area contributed by atoms with Gasteiger partial charge in [-0.3, -0.25) is 14.5 Å². The third-order valence-electron chi connectivity index (χ3n) is 6.38. The number of benzene rings is 1. The molecule has 28 heavy (non-hydrogen) atoms. The van der Waals surface area contributed by atoms with Gasteiger partial charge in [-0.2, -0.15) is 0 Å². The first-order chi connectivity index (χ1) is 13.5. The van der Waals surface area contributed by atoms with E-state index in [9.17, 15) is 9.59 Å². The average Bonchev–Trinajstić information content (AvgIpc) is 2.70. The molecule has 2 fully saturated rings. The van der Waals surface area contributed by atoms with Gasteiger partial charge in [-0.15, -0.1) is 0 Å². The zero-order valence-electron chi connectivity index (χ0n) is 17.3. The lowest BCUT2D eigenvalue weighted by Crippen LogP contribution is -2.56. The Bertz CT molecular complexity index is 647. The van der Waals surface area contributed by atoms with Gasteiger partial charge in [0.25, 0.3) is 5.91 Å². The lowest BCUT2D eigenvalue weighted by atomic mass is 9.73. The van der Waals surface area contributed by atoms with Gasteiger partial charge in [0.2, 0.25) is 0 Å². The Morgan fingerprint density at radius 1 is 1.14 bits per heavy atom. The van der Waals surface area contributed by atoms with Crippen LogP contribution in [0.5, 0.6) is 0 Å². The van der Waals surface area contributed by atoms with E-state index in [0.29, 0.717) is 0 Å². The molecule has 1 aliphatic carbocycles. The number of carbonyl (C=O) groups is 2. The standard InChI is InChI=1S/C23H34N2O3/c1-18(28-19(2)26)22(27)24-21-11-13-23(14-12-21,25-15-7-4-8-16-25)17-20-9-5-3-6-10-20/h3,5-6,9-10,18,21H,4,7-8,11-17H2,1-2H3,(H,24,27). The largest absolute Gasteiger partial charge is 0.453 e. The number of amides is 1. The van der Waals surface area contributed by atoms with Gasteiger partial charge in [-0.05, 0) is 70.5 Å². The molecule has 1 saturated heterocycles. The quantitative estimate of drug-likeness (QED) is 0.761. The molecule has 1 unspecified atom stereocenters. The molecule has 1 aromatic carbocycles. The number of hydrogen-bond acceptors (Lipinski definition) is 4. The smallest absolute Gasteiger partial charge is 0.303 e. The minimum absolute atomic E-state index is 0.166. The number of carbonyl (C=O) groups excluding carboxylic acids is 2. The predicted molar refractivity (Wildman–Crippen MR) is 110 cm³/mol. The van der Waals surface area contributed by atoms with Gasteiger partial charge in [-0.1, -0.05) is 36.8 Å².